The fraction of sp³-hybridized carbons (Fsp3) is 0.105. The summed E-state index contributed by atoms with van der Waals surface area (Å²) in [5, 5.41) is 13.2. The van der Waals surface area contributed by atoms with E-state index in [4.69, 9.17) is 11.6 Å². The molecule has 12 heteroatoms. The van der Waals surface area contributed by atoms with Gasteiger partial charge in [-0.15, -0.1) is 10.2 Å². The van der Waals surface area contributed by atoms with Gasteiger partial charge in [-0.2, -0.15) is 0 Å². The summed E-state index contributed by atoms with van der Waals surface area (Å²) >= 11 is 8.24. The first-order valence-corrected chi connectivity index (χ1v) is 11.0. The number of nitrogens with one attached hydrogen (secondary N) is 2. The van der Waals surface area contributed by atoms with Crippen LogP contribution in [0.4, 0.5) is 20.0 Å². The Morgan fingerprint density at radius 2 is 2.10 bits per heavy atom. The van der Waals surface area contributed by atoms with Crippen LogP contribution in [0.1, 0.15) is 11.3 Å². The topological polar surface area (TPSA) is 101 Å². The Morgan fingerprint density at radius 3 is 2.90 bits per heavy atom. The van der Waals surface area contributed by atoms with E-state index in [1.807, 2.05) is 13.0 Å². The molecule has 0 atom stereocenters. The number of benzene rings is 1. The summed E-state index contributed by atoms with van der Waals surface area (Å²) in [7, 11) is 0. The minimum absolute atomic E-state index is 0.0930. The van der Waals surface area contributed by atoms with Crippen molar-refractivity contribution in [2.24, 2.45) is 0 Å². The van der Waals surface area contributed by atoms with Gasteiger partial charge in [-0.1, -0.05) is 40.8 Å². The van der Waals surface area contributed by atoms with Crippen LogP contribution in [0.25, 0.3) is 5.65 Å². The predicted molar refractivity (Wildman–Crippen MR) is 120 cm³/mol. The maximum absolute atomic E-state index is 13.2. The van der Waals surface area contributed by atoms with Crippen LogP contribution in [0.2, 0.25) is 5.02 Å². The van der Waals surface area contributed by atoms with Gasteiger partial charge in [0.05, 0.1) is 10.7 Å². The first kappa shape index (κ1) is 21.2. The SMILES string of the molecule is Cc1cccn2c(=O)cc(CSc3nnc(NC(=O)Nc4ccc(F)c(Cl)c4)s3)nc12. The van der Waals surface area contributed by atoms with E-state index >= 15 is 0 Å². The molecule has 0 spiro atoms. The van der Waals surface area contributed by atoms with E-state index in [-0.39, 0.29) is 15.7 Å². The van der Waals surface area contributed by atoms with Crippen LogP contribution in [0.15, 0.2) is 51.7 Å². The Labute approximate surface area is 188 Å². The van der Waals surface area contributed by atoms with Gasteiger partial charge >= 0.3 is 6.03 Å². The largest absolute Gasteiger partial charge is 0.325 e. The van der Waals surface area contributed by atoms with Crippen LogP contribution in [-0.2, 0) is 5.75 Å². The fourth-order valence-electron chi connectivity index (χ4n) is 2.67. The molecule has 0 saturated heterocycles. The quantitative estimate of drug-likeness (QED) is 0.323. The van der Waals surface area contributed by atoms with Crippen LogP contribution in [-0.4, -0.2) is 25.6 Å². The molecule has 1 aromatic carbocycles. The van der Waals surface area contributed by atoms with E-state index in [1.54, 1.807) is 12.3 Å². The molecular weight excluding hydrogens is 463 g/mol. The highest BCUT2D eigenvalue weighted by atomic mass is 35.5. The maximum Gasteiger partial charge on any atom is 0.325 e. The summed E-state index contributed by atoms with van der Waals surface area (Å²) in [5.74, 6) is -0.146. The normalized spacial score (nSPS) is 10.9. The number of pyridine rings is 1. The second kappa shape index (κ2) is 9.00. The van der Waals surface area contributed by atoms with Crippen molar-refractivity contribution >= 4 is 57.2 Å². The molecule has 0 aliphatic heterocycles. The number of hydrogen-bond acceptors (Lipinski definition) is 7. The van der Waals surface area contributed by atoms with E-state index in [9.17, 15) is 14.0 Å². The number of rotatable bonds is 5. The molecule has 0 unspecified atom stereocenters. The number of carbonyl (C=O) groups excluding carboxylic acids is 1. The summed E-state index contributed by atoms with van der Waals surface area (Å²) in [6, 6.07) is 8.48. The molecule has 4 aromatic rings. The lowest BCUT2D eigenvalue weighted by Gasteiger charge is -2.05. The zero-order valence-corrected chi connectivity index (χ0v) is 18.3. The van der Waals surface area contributed by atoms with E-state index in [0.29, 0.717) is 27.1 Å². The number of halogens is 2. The minimum atomic E-state index is -0.572. The Balaban J connectivity index is 1.38. The highest BCUT2D eigenvalue weighted by Crippen LogP contribution is 2.28. The third-order valence-electron chi connectivity index (χ3n) is 4.09. The van der Waals surface area contributed by atoms with Crippen molar-refractivity contribution in [1.29, 1.82) is 0 Å². The summed E-state index contributed by atoms with van der Waals surface area (Å²) < 4.78 is 15.3. The highest BCUT2D eigenvalue weighted by molar-refractivity contribution is 8.00. The fourth-order valence-corrected chi connectivity index (χ4v) is 4.49. The Bertz CT molecular complexity index is 1340. The molecule has 0 bridgehead atoms. The molecule has 0 aliphatic carbocycles. The lowest BCUT2D eigenvalue weighted by atomic mass is 10.3. The van der Waals surface area contributed by atoms with Crippen molar-refractivity contribution in [3.63, 3.8) is 0 Å². The Morgan fingerprint density at radius 1 is 1.26 bits per heavy atom. The van der Waals surface area contributed by atoms with Gasteiger partial charge in [-0.25, -0.2) is 14.2 Å². The number of anilines is 2. The van der Waals surface area contributed by atoms with E-state index in [0.717, 1.165) is 11.6 Å². The number of nitrogens with zero attached hydrogens (tertiary/aromatic N) is 4. The standard InChI is InChI=1S/C19H14ClFN6O2S2/c1-10-3-2-6-27-15(28)8-12(22-16(10)27)9-30-19-26-25-18(31-19)24-17(29)23-11-4-5-14(21)13(20)7-11/h2-8H,9H2,1H3,(H2,23,24,25,29). The van der Waals surface area contributed by atoms with Crippen LogP contribution >= 0.6 is 34.7 Å². The average molecular weight is 477 g/mol. The molecule has 0 saturated carbocycles. The number of hydrogen-bond donors (Lipinski definition) is 2. The predicted octanol–water partition coefficient (Wildman–Crippen LogP) is 4.58. The van der Waals surface area contributed by atoms with E-state index in [1.165, 1.54) is 45.7 Å². The summed E-state index contributed by atoms with van der Waals surface area (Å²) in [5.41, 5.74) is 2.33. The van der Waals surface area contributed by atoms with Crippen LogP contribution in [0.3, 0.4) is 0 Å². The van der Waals surface area contributed by atoms with Gasteiger partial charge in [-0.05, 0) is 36.8 Å². The zero-order chi connectivity index (χ0) is 22.0. The first-order chi connectivity index (χ1) is 14.9. The number of carbonyl (C=O) groups is 1. The molecule has 158 valence electrons. The van der Waals surface area contributed by atoms with Crippen LogP contribution in [0, 0.1) is 12.7 Å². The third kappa shape index (κ3) is 5.01. The van der Waals surface area contributed by atoms with Crippen molar-refractivity contribution in [1.82, 2.24) is 19.6 Å². The molecule has 0 aliphatic rings. The van der Waals surface area contributed by atoms with Gasteiger partial charge in [0.25, 0.3) is 5.56 Å². The number of amides is 2. The second-order valence-electron chi connectivity index (χ2n) is 6.34. The zero-order valence-electron chi connectivity index (χ0n) is 15.9. The number of fused-ring (bicyclic) bond motifs is 1. The molecule has 8 nitrogen and oxygen atoms in total. The molecule has 3 aromatic heterocycles. The van der Waals surface area contributed by atoms with E-state index < -0.39 is 11.8 Å². The number of aryl methyl sites for hydroxylation is 1. The summed E-state index contributed by atoms with van der Waals surface area (Å²) in [4.78, 5) is 28.9. The van der Waals surface area contributed by atoms with Gasteiger partial charge in [-0.3, -0.25) is 14.5 Å². The molecule has 3 heterocycles. The van der Waals surface area contributed by atoms with Crippen molar-refractivity contribution in [2.75, 3.05) is 10.6 Å². The third-order valence-corrected chi connectivity index (χ3v) is 6.38. The Kier molecular flexibility index (Phi) is 6.16. The number of thioether (sulfide) groups is 1. The molecule has 0 radical (unpaired) electrons. The first-order valence-electron chi connectivity index (χ1n) is 8.86. The number of urea groups is 1. The summed E-state index contributed by atoms with van der Waals surface area (Å²) in [6.07, 6.45) is 1.68. The Hall–Kier alpha value is -3.02. The average Bonchev–Trinajstić information content (AvgIpc) is 3.17. The molecule has 2 N–H and O–H groups in total. The molecular formula is C19H14ClFN6O2S2. The smallest absolute Gasteiger partial charge is 0.308 e. The lowest BCUT2D eigenvalue weighted by molar-refractivity contribution is 0.262. The van der Waals surface area contributed by atoms with Gasteiger partial charge in [0.2, 0.25) is 5.13 Å². The minimum Gasteiger partial charge on any atom is -0.308 e. The molecule has 4 rings (SSSR count). The van der Waals surface area contributed by atoms with Crippen molar-refractivity contribution in [3.8, 4) is 0 Å². The van der Waals surface area contributed by atoms with Crippen LogP contribution < -0.4 is 16.2 Å². The molecule has 31 heavy (non-hydrogen) atoms. The van der Waals surface area contributed by atoms with Crippen molar-refractivity contribution in [3.05, 3.63) is 75.0 Å². The van der Waals surface area contributed by atoms with Gasteiger partial charge in [0.15, 0.2) is 4.34 Å². The van der Waals surface area contributed by atoms with Gasteiger partial charge < -0.3 is 5.32 Å². The van der Waals surface area contributed by atoms with E-state index in [2.05, 4.69) is 25.8 Å². The van der Waals surface area contributed by atoms with Gasteiger partial charge in [0, 0.05) is 23.7 Å². The second-order valence-corrected chi connectivity index (χ2v) is 8.95. The van der Waals surface area contributed by atoms with Crippen molar-refractivity contribution in [2.45, 2.75) is 17.0 Å². The van der Waals surface area contributed by atoms with Gasteiger partial charge in [0.1, 0.15) is 11.5 Å². The lowest BCUT2D eigenvalue weighted by Crippen LogP contribution is -2.19. The van der Waals surface area contributed by atoms with Crippen LogP contribution in [0.5, 0.6) is 0 Å². The summed E-state index contributed by atoms with van der Waals surface area (Å²) in [6.45, 7) is 1.90. The molecule has 2 amide bonds. The highest BCUT2D eigenvalue weighted by Gasteiger charge is 2.11. The maximum atomic E-state index is 13.2. The van der Waals surface area contributed by atoms with Crippen molar-refractivity contribution < 1.29 is 9.18 Å². The number of aromatic nitrogens is 4. The molecule has 0 fully saturated rings. The monoisotopic (exact) mass is 476 g/mol.